The standard InChI is InChI=1S/C21H25N5OS2/c1-17(29-21-23-22-16-26(21)10-9-19-8-5-15-28-19)20(27)25-13-11-24(12-14-25)18-6-3-2-4-7-18/h2-8,15-17H,9-14H2,1H3/t17-/m0/s1. The topological polar surface area (TPSA) is 54.3 Å². The lowest BCUT2D eigenvalue weighted by molar-refractivity contribution is -0.130. The third-order valence-electron chi connectivity index (χ3n) is 5.10. The molecule has 2 aromatic heterocycles. The van der Waals surface area contributed by atoms with Crippen LogP contribution in [0.25, 0.3) is 0 Å². The fourth-order valence-corrected chi connectivity index (χ4v) is 5.10. The molecule has 1 fully saturated rings. The summed E-state index contributed by atoms with van der Waals surface area (Å²) < 4.78 is 2.04. The molecule has 0 N–H and O–H groups in total. The van der Waals surface area contributed by atoms with E-state index in [-0.39, 0.29) is 11.2 Å². The smallest absolute Gasteiger partial charge is 0.236 e. The quantitative estimate of drug-likeness (QED) is 0.541. The Morgan fingerprint density at radius 1 is 1.14 bits per heavy atom. The van der Waals surface area contributed by atoms with Crippen LogP contribution in [0.1, 0.15) is 11.8 Å². The van der Waals surface area contributed by atoms with Crippen molar-refractivity contribution in [3.63, 3.8) is 0 Å². The van der Waals surface area contributed by atoms with Crippen LogP contribution in [-0.4, -0.2) is 57.0 Å². The van der Waals surface area contributed by atoms with E-state index in [0.717, 1.165) is 44.3 Å². The van der Waals surface area contributed by atoms with E-state index < -0.39 is 0 Å². The van der Waals surface area contributed by atoms with Gasteiger partial charge in [0, 0.05) is 43.3 Å². The van der Waals surface area contributed by atoms with Gasteiger partial charge in [-0.15, -0.1) is 21.5 Å². The molecule has 3 heterocycles. The van der Waals surface area contributed by atoms with Gasteiger partial charge in [-0.25, -0.2) is 0 Å². The molecule has 1 atom stereocenters. The Hall–Kier alpha value is -2.32. The van der Waals surface area contributed by atoms with Gasteiger partial charge in [0.15, 0.2) is 5.16 Å². The summed E-state index contributed by atoms with van der Waals surface area (Å²) in [7, 11) is 0. The lowest BCUT2D eigenvalue weighted by Gasteiger charge is -2.37. The van der Waals surface area contributed by atoms with Crippen LogP contribution in [0.15, 0.2) is 59.3 Å². The second-order valence-corrected chi connectivity index (χ2v) is 9.38. The minimum atomic E-state index is -0.178. The summed E-state index contributed by atoms with van der Waals surface area (Å²) in [5.41, 5.74) is 1.22. The molecule has 6 nitrogen and oxygen atoms in total. The summed E-state index contributed by atoms with van der Waals surface area (Å²) in [4.78, 5) is 18.6. The van der Waals surface area contributed by atoms with Gasteiger partial charge in [0.25, 0.3) is 0 Å². The Labute approximate surface area is 179 Å². The molecule has 1 saturated heterocycles. The van der Waals surface area contributed by atoms with Crippen LogP contribution >= 0.6 is 23.1 Å². The van der Waals surface area contributed by atoms with E-state index in [4.69, 9.17) is 0 Å². The first-order valence-corrected chi connectivity index (χ1v) is 11.6. The number of hydrogen-bond acceptors (Lipinski definition) is 6. The van der Waals surface area contributed by atoms with Crippen molar-refractivity contribution in [2.45, 2.75) is 30.3 Å². The molecule has 0 unspecified atom stereocenters. The van der Waals surface area contributed by atoms with Gasteiger partial charge in [0.2, 0.25) is 5.91 Å². The van der Waals surface area contributed by atoms with Gasteiger partial charge in [0.05, 0.1) is 5.25 Å². The van der Waals surface area contributed by atoms with Gasteiger partial charge in [-0.1, -0.05) is 36.0 Å². The van der Waals surface area contributed by atoms with E-state index in [9.17, 15) is 4.79 Å². The van der Waals surface area contributed by atoms with Crippen LogP contribution in [0.4, 0.5) is 5.69 Å². The highest BCUT2D eigenvalue weighted by atomic mass is 32.2. The normalized spacial score (nSPS) is 15.5. The molecule has 0 saturated carbocycles. The predicted molar refractivity (Wildman–Crippen MR) is 119 cm³/mol. The number of para-hydroxylation sites is 1. The number of hydrogen-bond donors (Lipinski definition) is 0. The predicted octanol–water partition coefficient (Wildman–Crippen LogP) is 3.41. The third-order valence-corrected chi connectivity index (χ3v) is 7.12. The molecule has 8 heteroatoms. The molecule has 0 spiro atoms. The first-order valence-electron chi connectivity index (χ1n) is 9.86. The summed E-state index contributed by atoms with van der Waals surface area (Å²) in [6, 6.07) is 14.6. The molecule has 3 aromatic rings. The molecule has 0 bridgehead atoms. The summed E-state index contributed by atoms with van der Waals surface area (Å²) in [5.74, 6) is 0.176. The highest BCUT2D eigenvalue weighted by molar-refractivity contribution is 8.00. The molecule has 0 radical (unpaired) electrons. The number of nitrogens with zero attached hydrogens (tertiary/aromatic N) is 5. The summed E-state index contributed by atoms with van der Waals surface area (Å²) in [6.07, 6.45) is 2.71. The second kappa shape index (κ2) is 9.45. The van der Waals surface area contributed by atoms with Gasteiger partial charge in [-0.05, 0) is 36.9 Å². The number of amides is 1. The zero-order chi connectivity index (χ0) is 20.1. The van der Waals surface area contributed by atoms with Gasteiger partial charge < -0.3 is 14.4 Å². The van der Waals surface area contributed by atoms with Crippen LogP contribution in [0.2, 0.25) is 0 Å². The maximum atomic E-state index is 13.0. The second-order valence-electron chi connectivity index (χ2n) is 7.04. The fourth-order valence-electron chi connectivity index (χ4n) is 3.46. The number of thioether (sulfide) groups is 1. The van der Waals surface area contributed by atoms with Crippen LogP contribution in [-0.2, 0) is 17.8 Å². The highest BCUT2D eigenvalue weighted by Crippen LogP contribution is 2.24. The van der Waals surface area contributed by atoms with Gasteiger partial charge in [0.1, 0.15) is 6.33 Å². The average Bonchev–Trinajstić information content (AvgIpc) is 3.44. The van der Waals surface area contributed by atoms with Crippen molar-refractivity contribution < 1.29 is 4.79 Å². The number of aryl methyl sites for hydroxylation is 2. The van der Waals surface area contributed by atoms with E-state index in [1.54, 1.807) is 17.7 Å². The van der Waals surface area contributed by atoms with Crippen LogP contribution in [0.3, 0.4) is 0 Å². The largest absolute Gasteiger partial charge is 0.368 e. The maximum Gasteiger partial charge on any atom is 0.236 e. The maximum absolute atomic E-state index is 13.0. The molecule has 1 aliphatic rings. The third kappa shape index (κ3) is 5.00. The molecule has 0 aliphatic carbocycles. The molecule has 152 valence electrons. The van der Waals surface area contributed by atoms with E-state index in [0.29, 0.717) is 0 Å². The molecule has 1 aliphatic heterocycles. The monoisotopic (exact) mass is 427 g/mol. The number of carbonyl (C=O) groups is 1. The van der Waals surface area contributed by atoms with E-state index in [1.807, 2.05) is 22.5 Å². The van der Waals surface area contributed by atoms with Crippen molar-refractivity contribution in [3.05, 3.63) is 59.0 Å². The van der Waals surface area contributed by atoms with E-state index in [1.165, 1.54) is 22.3 Å². The minimum absolute atomic E-state index is 0.176. The van der Waals surface area contributed by atoms with E-state index in [2.05, 4.69) is 56.9 Å². The molecule has 4 rings (SSSR count). The minimum Gasteiger partial charge on any atom is -0.368 e. The number of thiophene rings is 1. The number of piperazine rings is 1. The van der Waals surface area contributed by atoms with Crippen molar-refractivity contribution >= 4 is 34.7 Å². The molecule has 1 aromatic carbocycles. The van der Waals surface area contributed by atoms with Gasteiger partial charge in [-0.2, -0.15) is 0 Å². The Morgan fingerprint density at radius 2 is 1.93 bits per heavy atom. The average molecular weight is 428 g/mol. The van der Waals surface area contributed by atoms with E-state index >= 15 is 0 Å². The lowest BCUT2D eigenvalue weighted by Crippen LogP contribution is -2.50. The van der Waals surface area contributed by atoms with Crippen molar-refractivity contribution in [2.75, 3.05) is 31.1 Å². The first-order chi connectivity index (χ1) is 14.2. The van der Waals surface area contributed by atoms with Crippen molar-refractivity contribution in [1.29, 1.82) is 0 Å². The van der Waals surface area contributed by atoms with Crippen molar-refractivity contribution in [1.82, 2.24) is 19.7 Å². The summed E-state index contributed by atoms with van der Waals surface area (Å²) in [6.45, 7) is 6.03. The Balaban J connectivity index is 1.30. The summed E-state index contributed by atoms with van der Waals surface area (Å²) in [5, 5.41) is 11.0. The summed E-state index contributed by atoms with van der Waals surface area (Å²) >= 11 is 3.26. The van der Waals surface area contributed by atoms with Crippen molar-refractivity contribution in [3.8, 4) is 0 Å². The number of carbonyl (C=O) groups excluding carboxylic acids is 1. The number of rotatable bonds is 7. The highest BCUT2D eigenvalue weighted by Gasteiger charge is 2.26. The zero-order valence-corrected chi connectivity index (χ0v) is 18.1. The number of anilines is 1. The molecular formula is C21H25N5OS2. The van der Waals surface area contributed by atoms with Crippen LogP contribution in [0, 0.1) is 0 Å². The molecular weight excluding hydrogens is 402 g/mol. The first kappa shape index (κ1) is 20.0. The van der Waals surface area contributed by atoms with Gasteiger partial charge >= 0.3 is 0 Å². The molecule has 29 heavy (non-hydrogen) atoms. The zero-order valence-electron chi connectivity index (χ0n) is 16.5. The van der Waals surface area contributed by atoms with Crippen LogP contribution in [0.5, 0.6) is 0 Å². The van der Waals surface area contributed by atoms with Crippen LogP contribution < -0.4 is 4.90 Å². The number of benzene rings is 1. The SMILES string of the molecule is C[C@H](Sc1nncn1CCc1cccs1)C(=O)N1CCN(c2ccccc2)CC1. The fraction of sp³-hybridized carbons (Fsp3) is 0.381. The Kier molecular flexibility index (Phi) is 6.51. The molecule has 1 amide bonds. The Morgan fingerprint density at radius 3 is 2.66 bits per heavy atom. The van der Waals surface area contributed by atoms with Crippen molar-refractivity contribution in [2.24, 2.45) is 0 Å². The lowest BCUT2D eigenvalue weighted by atomic mass is 10.2. The van der Waals surface area contributed by atoms with Gasteiger partial charge in [-0.3, -0.25) is 4.79 Å². The number of aromatic nitrogens is 3. The Bertz CT molecular complexity index is 904.